The van der Waals surface area contributed by atoms with Crippen molar-refractivity contribution in [3.05, 3.63) is 52.6 Å². The fourth-order valence-corrected chi connectivity index (χ4v) is 1.80. The van der Waals surface area contributed by atoms with Crippen molar-refractivity contribution in [1.82, 2.24) is 19.9 Å². The van der Waals surface area contributed by atoms with Crippen LogP contribution in [0.25, 0.3) is 22.6 Å². The van der Waals surface area contributed by atoms with Gasteiger partial charge < -0.3 is 4.98 Å². The van der Waals surface area contributed by atoms with Gasteiger partial charge in [-0.1, -0.05) is 23.8 Å². The van der Waals surface area contributed by atoms with Crippen LogP contribution in [0, 0.1) is 6.92 Å². The third-order valence-corrected chi connectivity index (χ3v) is 2.64. The van der Waals surface area contributed by atoms with Crippen molar-refractivity contribution in [1.29, 1.82) is 0 Å². The van der Waals surface area contributed by atoms with E-state index >= 15 is 0 Å². The second kappa shape index (κ2) is 4.03. The number of fused-ring (bicyclic) bond motifs is 1. The fourth-order valence-electron chi connectivity index (χ4n) is 1.80. The number of nitrogens with zero attached hydrogens (tertiary/aromatic N) is 3. The van der Waals surface area contributed by atoms with Crippen LogP contribution in [-0.2, 0) is 0 Å². The Kier molecular flexibility index (Phi) is 2.37. The van der Waals surface area contributed by atoms with E-state index in [1.54, 1.807) is 0 Å². The highest BCUT2D eigenvalue weighted by molar-refractivity contribution is 5.71. The van der Waals surface area contributed by atoms with E-state index in [4.69, 9.17) is 0 Å². The van der Waals surface area contributed by atoms with Crippen molar-refractivity contribution in [2.75, 3.05) is 0 Å². The molecular formula is C13H10N4O. The topological polar surface area (TPSA) is 71.5 Å². The first-order valence-electron chi connectivity index (χ1n) is 5.52. The first-order chi connectivity index (χ1) is 8.74. The Bertz CT molecular complexity index is 779. The molecule has 0 fully saturated rings. The summed E-state index contributed by atoms with van der Waals surface area (Å²) in [5.41, 5.74) is 2.31. The lowest BCUT2D eigenvalue weighted by molar-refractivity contribution is 1.12. The molecule has 0 aliphatic heterocycles. The van der Waals surface area contributed by atoms with Gasteiger partial charge in [-0.2, -0.15) is 0 Å². The summed E-state index contributed by atoms with van der Waals surface area (Å²) >= 11 is 0. The molecule has 0 spiro atoms. The van der Waals surface area contributed by atoms with E-state index in [-0.39, 0.29) is 11.1 Å². The molecule has 3 rings (SSSR count). The molecule has 2 heterocycles. The summed E-state index contributed by atoms with van der Waals surface area (Å²) in [6.45, 7) is 1.99. The standard InChI is InChI=1S/C13H10N4O/c1-8-3-2-4-9(7-8)11-16-12-10(13(18)17-11)14-5-6-15-12/h2-7H,1H3,(H,15,16,17,18). The van der Waals surface area contributed by atoms with E-state index in [9.17, 15) is 4.79 Å². The van der Waals surface area contributed by atoms with Gasteiger partial charge in [0.1, 0.15) is 5.82 Å². The normalized spacial score (nSPS) is 10.7. The van der Waals surface area contributed by atoms with E-state index in [1.165, 1.54) is 12.4 Å². The van der Waals surface area contributed by atoms with E-state index < -0.39 is 0 Å². The van der Waals surface area contributed by atoms with Gasteiger partial charge in [-0.15, -0.1) is 0 Å². The van der Waals surface area contributed by atoms with Crippen molar-refractivity contribution in [3.63, 3.8) is 0 Å². The maximum Gasteiger partial charge on any atom is 0.279 e. The van der Waals surface area contributed by atoms with Crippen LogP contribution in [0.4, 0.5) is 0 Å². The van der Waals surface area contributed by atoms with Crippen LogP contribution in [-0.4, -0.2) is 19.9 Å². The molecule has 2 aromatic heterocycles. The highest BCUT2D eigenvalue weighted by Gasteiger charge is 2.07. The zero-order valence-corrected chi connectivity index (χ0v) is 9.71. The maximum atomic E-state index is 11.9. The Morgan fingerprint density at radius 1 is 1.17 bits per heavy atom. The largest absolute Gasteiger partial charge is 0.305 e. The number of hydrogen-bond donors (Lipinski definition) is 1. The van der Waals surface area contributed by atoms with Gasteiger partial charge in [-0.05, 0) is 13.0 Å². The van der Waals surface area contributed by atoms with Crippen LogP contribution in [0.5, 0.6) is 0 Å². The Morgan fingerprint density at radius 2 is 2.00 bits per heavy atom. The molecule has 18 heavy (non-hydrogen) atoms. The highest BCUT2D eigenvalue weighted by atomic mass is 16.1. The monoisotopic (exact) mass is 238 g/mol. The molecule has 0 aliphatic rings. The van der Waals surface area contributed by atoms with Crippen molar-refractivity contribution in [3.8, 4) is 11.4 Å². The summed E-state index contributed by atoms with van der Waals surface area (Å²) in [7, 11) is 0. The Labute approximate surface area is 103 Å². The van der Waals surface area contributed by atoms with Gasteiger partial charge in [0, 0.05) is 18.0 Å². The first kappa shape index (κ1) is 10.6. The maximum absolute atomic E-state index is 11.9. The first-order valence-corrected chi connectivity index (χ1v) is 5.52. The molecule has 3 aromatic rings. The Morgan fingerprint density at radius 3 is 2.83 bits per heavy atom. The molecule has 88 valence electrons. The molecule has 0 radical (unpaired) electrons. The molecule has 0 atom stereocenters. The van der Waals surface area contributed by atoms with Gasteiger partial charge in [-0.3, -0.25) is 4.79 Å². The molecule has 0 saturated heterocycles. The lowest BCUT2D eigenvalue weighted by Crippen LogP contribution is -2.11. The molecule has 0 aliphatic carbocycles. The van der Waals surface area contributed by atoms with Crippen LogP contribution in [0.2, 0.25) is 0 Å². The van der Waals surface area contributed by atoms with E-state index in [2.05, 4.69) is 19.9 Å². The lowest BCUT2D eigenvalue weighted by Gasteiger charge is -2.02. The van der Waals surface area contributed by atoms with Gasteiger partial charge >= 0.3 is 0 Å². The second-order valence-corrected chi connectivity index (χ2v) is 4.01. The molecule has 1 aromatic carbocycles. The average Bonchev–Trinajstić information content (AvgIpc) is 2.39. The number of benzene rings is 1. The van der Waals surface area contributed by atoms with Crippen molar-refractivity contribution in [2.45, 2.75) is 6.92 Å². The van der Waals surface area contributed by atoms with E-state index in [1.807, 2.05) is 31.2 Å². The number of nitrogens with one attached hydrogen (secondary N) is 1. The Hall–Kier alpha value is -2.56. The summed E-state index contributed by atoms with van der Waals surface area (Å²) in [6.07, 6.45) is 3.00. The zero-order valence-electron chi connectivity index (χ0n) is 9.71. The van der Waals surface area contributed by atoms with Gasteiger partial charge in [0.2, 0.25) is 0 Å². The van der Waals surface area contributed by atoms with E-state index in [0.717, 1.165) is 11.1 Å². The summed E-state index contributed by atoms with van der Waals surface area (Å²) < 4.78 is 0. The average molecular weight is 238 g/mol. The fraction of sp³-hybridized carbons (Fsp3) is 0.0769. The molecule has 0 bridgehead atoms. The van der Waals surface area contributed by atoms with Crippen LogP contribution in [0.1, 0.15) is 5.56 Å². The predicted octanol–water partition coefficient (Wildman–Crippen LogP) is 1.69. The summed E-state index contributed by atoms with van der Waals surface area (Å²) in [5.74, 6) is 0.511. The minimum atomic E-state index is -0.274. The molecule has 0 unspecified atom stereocenters. The highest BCUT2D eigenvalue weighted by Crippen LogP contribution is 2.15. The lowest BCUT2D eigenvalue weighted by atomic mass is 10.1. The number of rotatable bonds is 1. The Balaban J connectivity index is 2.28. The number of hydrogen-bond acceptors (Lipinski definition) is 4. The van der Waals surface area contributed by atoms with E-state index in [0.29, 0.717) is 11.5 Å². The van der Waals surface area contributed by atoms with Gasteiger partial charge in [-0.25, -0.2) is 15.0 Å². The molecule has 5 nitrogen and oxygen atoms in total. The van der Waals surface area contributed by atoms with Crippen LogP contribution in [0.3, 0.4) is 0 Å². The van der Waals surface area contributed by atoms with Crippen molar-refractivity contribution < 1.29 is 0 Å². The molecule has 0 amide bonds. The molecule has 0 saturated carbocycles. The van der Waals surface area contributed by atoms with Crippen molar-refractivity contribution >= 4 is 11.2 Å². The molecule has 1 N–H and O–H groups in total. The summed E-state index contributed by atoms with van der Waals surface area (Å²) in [4.78, 5) is 26.9. The number of H-pyrrole nitrogens is 1. The van der Waals surface area contributed by atoms with Gasteiger partial charge in [0.25, 0.3) is 5.56 Å². The summed E-state index contributed by atoms with van der Waals surface area (Å²) in [6, 6.07) is 7.77. The van der Waals surface area contributed by atoms with Crippen molar-refractivity contribution in [2.24, 2.45) is 0 Å². The number of aryl methyl sites for hydroxylation is 1. The SMILES string of the molecule is Cc1cccc(-c2nc3nccnc3c(=O)[nH]2)c1. The van der Waals surface area contributed by atoms with Crippen LogP contribution < -0.4 is 5.56 Å². The van der Waals surface area contributed by atoms with Gasteiger partial charge in [0.15, 0.2) is 11.2 Å². The zero-order chi connectivity index (χ0) is 12.5. The second-order valence-electron chi connectivity index (χ2n) is 4.01. The summed E-state index contributed by atoms with van der Waals surface area (Å²) in [5, 5.41) is 0. The van der Waals surface area contributed by atoms with Gasteiger partial charge in [0.05, 0.1) is 0 Å². The molecule has 5 heteroatoms. The molecular weight excluding hydrogens is 228 g/mol. The van der Waals surface area contributed by atoms with Crippen LogP contribution >= 0.6 is 0 Å². The number of aromatic amines is 1. The number of aromatic nitrogens is 4. The third kappa shape index (κ3) is 1.75. The predicted molar refractivity (Wildman–Crippen MR) is 68.1 cm³/mol. The third-order valence-electron chi connectivity index (χ3n) is 2.64. The minimum Gasteiger partial charge on any atom is -0.305 e. The minimum absolute atomic E-state index is 0.258. The smallest absolute Gasteiger partial charge is 0.279 e. The quantitative estimate of drug-likeness (QED) is 0.700. The van der Waals surface area contributed by atoms with Crippen LogP contribution in [0.15, 0.2) is 41.5 Å².